The zero-order chi connectivity index (χ0) is 8.81. The van der Waals surface area contributed by atoms with Gasteiger partial charge >= 0.3 is 0 Å². The first-order valence-electron chi connectivity index (χ1n) is 4.39. The molecular formula is C9H15IO2. The minimum atomic E-state index is 0.558. The predicted octanol–water partition coefficient (Wildman–Crippen LogP) is 2.72. The van der Waals surface area contributed by atoms with E-state index in [0.717, 1.165) is 0 Å². The molecule has 0 aliphatic heterocycles. The van der Waals surface area contributed by atoms with Gasteiger partial charge in [0.25, 0.3) is 0 Å². The van der Waals surface area contributed by atoms with Gasteiger partial charge in [0, 0.05) is 9.84 Å². The SMILES string of the molecule is CCOOCC1C=CC(I)CC1. The fourth-order valence-electron chi connectivity index (χ4n) is 1.20. The first kappa shape index (κ1) is 10.5. The third-order valence-electron chi connectivity index (χ3n) is 1.89. The van der Waals surface area contributed by atoms with Crippen molar-refractivity contribution in [3.05, 3.63) is 12.2 Å². The molecule has 0 bridgehead atoms. The highest BCUT2D eigenvalue weighted by molar-refractivity contribution is 14.1. The Hall–Kier alpha value is 0.390. The van der Waals surface area contributed by atoms with Crippen LogP contribution >= 0.6 is 22.6 Å². The molecule has 70 valence electrons. The molecule has 1 aliphatic carbocycles. The van der Waals surface area contributed by atoms with E-state index in [4.69, 9.17) is 9.78 Å². The number of allylic oxidation sites excluding steroid dienone is 1. The summed E-state index contributed by atoms with van der Waals surface area (Å²) in [5.41, 5.74) is 0. The maximum Gasteiger partial charge on any atom is 0.0884 e. The second-order valence-corrected chi connectivity index (χ2v) is 4.53. The molecule has 2 atom stereocenters. The summed E-state index contributed by atoms with van der Waals surface area (Å²) in [4.78, 5) is 9.83. The van der Waals surface area contributed by atoms with Gasteiger partial charge in [-0.1, -0.05) is 34.7 Å². The summed E-state index contributed by atoms with van der Waals surface area (Å²) in [6.45, 7) is 3.26. The Morgan fingerprint density at radius 1 is 1.33 bits per heavy atom. The van der Waals surface area contributed by atoms with Crippen LogP contribution in [0.3, 0.4) is 0 Å². The molecule has 0 aromatic carbocycles. The Morgan fingerprint density at radius 3 is 2.75 bits per heavy atom. The first-order valence-corrected chi connectivity index (χ1v) is 5.64. The summed E-state index contributed by atoms with van der Waals surface area (Å²) in [7, 11) is 0. The van der Waals surface area contributed by atoms with Gasteiger partial charge in [0.15, 0.2) is 0 Å². The summed E-state index contributed by atoms with van der Waals surface area (Å²) < 4.78 is 0.714. The number of hydrogen-bond donors (Lipinski definition) is 0. The van der Waals surface area contributed by atoms with Gasteiger partial charge < -0.3 is 0 Å². The van der Waals surface area contributed by atoms with Crippen LogP contribution in [-0.4, -0.2) is 17.1 Å². The van der Waals surface area contributed by atoms with Crippen LogP contribution in [0.15, 0.2) is 12.2 Å². The van der Waals surface area contributed by atoms with Gasteiger partial charge in [-0.05, 0) is 19.8 Å². The molecule has 0 aromatic rings. The molecule has 0 amide bonds. The zero-order valence-corrected chi connectivity index (χ0v) is 9.49. The number of halogens is 1. The summed E-state index contributed by atoms with van der Waals surface area (Å²) in [6, 6.07) is 0. The van der Waals surface area contributed by atoms with Gasteiger partial charge in [-0.25, -0.2) is 9.78 Å². The molecule has 0 saturated heterocycles. The van der Waals surface area contributed by atoms with E-state index in [1.54, 1.807) is 0 Å². The van der Waals surface area contributed by atoms with Gasteiger partial charge in [0.05, 0.1) is 13.2 Å². The highest BCUT2D eigenvalue weighted by Crippen LogP contribution is 2.22. The molecule has 2 nitrogen and oxygen atoms in total. The summed E-state index contributed by atoms with van der Waals surface area (Å²) in [5.74, 6) is 0.558. The van der Waals surface area contributed by atoms with E-state index in [2.05, 4.69) is 34.7 Å². The van der Waals surface area contributed by atoms with Crippen molar-refractivity contribution < 1.29 is 9.78 Å². The van der Waals surface area contributed by atoms with Crippen LogP contribution in [0.2, 0.25) is 0 Å². The molecule has 0 saturated carbocycles. The van der Waals surface area contributed by atoms with Crippen molar-refractivity contribution in [1.29, 1.82) is 0 Å². The monoisotopic (exact) mass is 282 g/mol. The number of alkyl halides is 1. The number of hydrogen-bond acceptors (Lipinski definition) is 2. The third kappa shape index (κ3) is 3.87. The van der Waals surface area contributed by atoms with E-state index in [0.29, 0.717) is 23.1 Å². The molecule has 12 heavy (non-hydrogen) atoms. The average Bonchev–Trinajstić information content (AvgIpc) is 2.09. The van der Waals surface area contributed by atoms with E-state index in [1.807, 2.05) is 6.92 Å². The highest BCUT2D eigenvalue weighted by Gasteiger charge is 2.13. The van der Waals surface area contributed by atoms with Crippen molar-refractivity contribution in [2.45, 2.75) is 23.7 Å². The first-order chi connectivity index (χ1) is 5.83. The quantitative estimate of drug-likeness (QED) is 0.197. The van der Waals surface area contributed by atoms with Crippen LogP contribution in [0.4, 0.5) is 0 Å². The lowest BCUT2D eigenvalue weighted by atomic mass is 9.97. The highest BCUT2D eigenvalue weighted by atomic mass is 127. The molecule has 2 unspecified atom stereocenters. The van der Waals surface area contributed by atoms with Gasteiger partial charge in [-0.2, -0.15) is 0 Å². The van der Waals surface area contributed by atoms with E-state index < -0.39 is 0 Å². The molecule has 1 aliphatic rings. The van der Waals surface area contributed by atoms with Crippen molar-refractivity contribution >= 4 is 22.6 Å². The lowest BCUT2D eigenvalue weighted by molar-refractivity contribution is -0.296. The molecule has 0 radical (unpaired) electrons. The van der Waals surface area contributed by atoms with E-state index in [1.165, 1.54) is 12.8 Å². The topological polar surface area (TPSA) is 18.5 Å². The Bertz CT molecular complexity index is 147. The van der Waals surface area contributed by atoms with E-state index in [-0.39, 0.29) is 0 Å². The molecule has 0 spiro atoms. The van der Waals surface area contributed by atoms with Crippen LogP contribution in [0.25, 0.3) is 0 Å². The summed E-state index contributed by atoms with van der Waals surface area (Å²) in [6.07, 6.45) is 6.97. The molecule has 1 rings (SSSR count). The maximum atomic E-state index is 5.00. The van der Waals surface area contributed by atoms with Crippen molar-refractivity contribution in [2.24, 2.45) is 5.92 Å². The molecule has 3 heteroatoms. The van der Waals surface area contributed by atoms with Crippen molar-refractivity contribution in [2.75, 3.05) is 13.2 Å². The Morgan fingerprint density at radius 2 is 2.17 bits per heavy atom. The Kier molecular flexibility index (Phi) is 5.18. The van der Waals surface area contributed by atoms with E-state index in [9.17, 15) is 0 Å². The smallest absolute Gasteiger partial charge is 0.0884 e. The molecule has 0 N–H and O–H groups in total. The normalized spacial score (nSPS) is 29.2. The van der Waals surface area contributed by atoms with Crippen LogP contribution in [0.5, 0.6) is 0 Å². The van der Waals surface area contributed by atoms with Gasteiger partial charge in [0.2, 0.25) is 0 Å². The largest absolute Gasteiger partial charge is 0.237 e. The van der Waals surface area contributed by atoms with Crippen LogP contribution < -0.4 is 0 Å². The van der Waals surface area contributed by atoms with Crippen molar-refractivity contribution in [3.8, 4) is 0 Å². The molecule has 0 heterocycles. The maximum absolute atomic E-state index is 5.00. The predicted molar refractivity (Wildman–Crippen MR) is 57.3 cm³/mol. The van der Waals surface area contributed by atoms with Gasteiger partial charge in [-0.3, -0.25) is 0 Å². The zero-order valence-electron chi connectivity index (χ0n) is 7.33. The van der Waals surface area contributed by atoms with Gasteiger partial charge in [0.1, 0.15) is 0 Å². The van der Waals surface area contributed by atoms with Crippen LogP contribution in [-0.2, 0) is 9.78 Å². The lowest BCUT2D eigenvalue weighted by Crippen LogP contribution is -2.13. The minimum absolute atomic E-state index is 0.558. The Balaban J connectivity index is 2.13. The Labute approximate surface area is 87.4 Å². The molecular weight excluding hydrogens is 267 g/mol. The van der Waals surface area contributed by atoms with Crippen LogP contribution in [0.1, 0.15) is 19.8 Å². The fourth-order valence-corrected chi connectivity index (χ4v) is 1.80. The third-order valence-corrected chi connectivity index (χ3v) is 2.93. The van der Waals surface area contributed by atoms with Crippen LogP contribution in [0, 0.1) is 5.92 Å². The van der Waals surface area contributed by atoms with Crippen molar-refractivity contribution in [3.63, 3.8) is 0 Å². The van der Waals surface area contributed by atoms with Crippen molar-refractivity contribution in [1.82, 2.24) is 0 Å². The van der Waals surface area contributed by atoms with E-state index >= 15 is 0 Å². The molecule has 0 aromatic heterocycles. The fraction of sp³-hybridized carbons (Fsp3) is 0.778. The second-order valence-electron chi connectivity index (χ2n) is 2.93. The van der Waals surface area contributed by atoms with Gasteiger partial charge in [-0.15, -0.1) is 0 Å². The number of rotatable bonds is 4. The minimum Gasteiger partial charge on any atom is -0.237 e. The summed E-state index contributed by atoms with van der Waals surface area (Å²) >= 11 is 2.45. The average molecular weight is 282 g/mol. The molecule has 0 fully saturated rings. The summed E-state index contributed by atoms with van der Waals surface area (Å²) in [5, 5.41) is 0. The lowest BCUT2D eigenvalue weighted by Gasteiger charge is -2.18. The standard InChI is InChI=1S/C9H15IO2/c1-2-11-12-7-8-3-5-9(10)6-4-8/h3,5,8-9H,2,4,6-7H2,1H3. The second kappa shape index (κ2) is 5.94.